The van der Waals surface area contributed by atoms with Crippen molar-refractivity contribution < 1.29 is 24.2 Å². The standard InChI is InChI=1S/C30H42N4O5/c1-22(35)31-17-29(37)33-14-12-32(13-15-33)21-39-20-25-7-5-6-24-18-34(19-26(24)25)30(2,3)11-10-23-8-9-27(36)28(16-23)38-4/h5-9,16,36H,10-15,17-21H2,1-4H3,(H,31,35). The number of ether oxygens (including phenoxy) is 2. The van der Waals surface area contributed by atoms with Crippen LogP contribution >= 0.6 is 0 Å². The minimum Gasteiger partial charge on any atom is -0.504 e. The molecule has 1 saturated heterocycles. The van der Waals surface area contributed by atoms with Gasteiger partial charge in [-0.05, 0) is 61.1 Å². The fourth-order valence-corrected chi connectivity index (χ4v) is 5.26. The second kappa shape index (κ2) is 12.8. The highest BCUT2D eigenvalue weighted by Crippen LogP contribution is 2.35. The number of nitrogens with zero attached hydrogens (tertiary/aromatic N) is 3. The van der Waals surface area contributed by atoms with Gasteiger partial charge in [0.2, 0.25) is 11.8 Å². The number of piperazine rings is 1. The smallest absolute Gasteiger partial charge is 0.242 e. The number of aryl methyl sites for hydroxylation is 1. The summed E-state index contributed by atoms with van der Waals surface area (Å²) in [5.74, 6) is 0.452. The van der Waals surface area contributed by atoms with Gasteiger partial charge < -0.3 is 24.8 Å². The molecule has 2 N–H and O–H groups in total. The molecule has 2 aromatic carbocycles. The monoisotopic (exact) mass is 538 g/mol. The third-order valence-corrected chi connectivity index (χ3v) is 7.95. The lowest BCUT2D eigenvalue weighted by Gasteiger charge is -2.36. The largest absolute Gasteiger partial charge is 0.504 e. The fourth-order valence-electron chi connectivity index (χ4n) is 5.26. The lowest BCUT2D eigenvalue weighted by Crippen LogP contribution is -2.51. The molecule has 2 heterocycles. The summed E-state index contributed by atoms with van der Waals surface area (Å²) in [5.41, 5.74) is 5.12. The Morgan fingerprint density at radius 1 is 1.08 bits per heavy atom. The van der Waals surface area contributed by atoms with E-state index in [1.165, 1.54) is 23.6 Å². The normalized spacial score (nSPS) is 16.3. The van der Waals surface area contributed by atoms with Crippen LogP contribution < -0.4 is 10.1 Å². The summed E-state index contributed by atoms with van der Waals surface area (Å²) < 4.78 is 11.4. The van der Waals surface area contributed by atoms with E-state index in [1.54, 1.807) is 18.1 Å². The Labute approximate surface area is 231 Å². The molecule has 2 aromatic rings. The van der Waals surface area contributed by atoms with Crippen molar-refractivity contribution in [3.63, 3.8) is 0 Å². The molecule has 0 aliphatic carbocycles. The molecule has 0 aromatic heterocycles. The Morgan fingerprint density at radius 2 is 1.85 bits per heavy atom. The Hall–Kier alpha value is -3.14. The van der Waals surface area contributed by atoms with Gasteiger partial charge in [0.15, 0.2) is 11.5 Å². The molecule has 0 radical (unpaired) electrons. The highest BCUT2D eigenvalue weighted by molar-refractivity contribution is 5.83. The predicted molar refractivity (Wildman–Crippen MR) is 149 cm³/mol. The molecule has 0 atom stereocenters. The molecular formula is C30H42N4O5. The van der Waals surface area contributed by atoms with Gasteiger partial charge in [0.1, 0.15) is 0 Å². The van der Waals surface area contributed by atoms with E-state index in [0.29, 0.717) is 32.2 Å². The van der Waals surface area contributed by atoms with Gasteiger partial charge in [-0.3, -0.25) is 19.4 Å². The van der Waals surface area contributed by atoms with Crippen LogP contribution in [0.4, 0.5) is 0 Å². The summed E-state index contributed by atoms with van der Waals surface area (Å²) >= 11 is 0. The quantitative estimate of drug-likeness (QED) is 0.454. The molecule has 39 heavy (non-hydrogen) atoms. The maximum absolute atomic E-state index is 12.2. The molecule has 0 unspecified atom stereocenters. The molecule has 2 aliphatic heterocycles. The van der Waals surface area contributed by atoms with Crippen molar-refractivity contribution in [2.45, 2.75) is 58.8 Å². The first kappa shape index (κ1) is 28.9. The molecule has 9 nitrogen and oxygen atoms in total. The SMILES string of the molecule is COc1cc(CCC(C)(C)N2Cc3cccc(COCN4CCN(C(=O)CNC(C)=O)CC4)c3C2)ccc1O. The number of amides is 2. The van der Waals surface area contributed by atoms with Gasteiger partial charge in [0.05, 0.1) is 27.0 Å². The number of methoxy groups -OCH3 is 1. The fraction of sp³-hybridized carbons (Fsp3) is 0.533. The molecular weight excluding hydrogens is 496 g/mol. The summed E-state index contributed by atoms with van der Waals surface area (Å²) in [6, 6.07) is 12.1. The maximum Gasteiger partial charge on any atom is 0.242 e. The highest BCUT2D eigenvalue weighted by Gasteiger charge is 2.32. The van der Waals surface area contributed by atoms with Gasteiger partial charge in [0.25, 0.3) is 0 Å². The summed E-state index contributed by atoms with van der Waals surface area (Å²) in [4.78, 5) is 29.8. The second-order valence-electron chi connectivity index (χ2n) is 11.1. The molecule has 0 saturated carbocycles. The summed E-state index contributed by atoms with van der Waals surface area (Å²) in [6.45, 7) is 11.8. The Balaban J connectivity index is 1.25. The number of hydrogen-bond donors (Lipinski definition) is 2. The molecule has 2 amide bonds. The Kier molecular flexibility index (Phi) is 9.48. The van der Waals surface area contributed by atoms with E-state index in [9.17, 15) is 14.7 Å². The topological polar surface area (TPSA) is 94.6 Å². The zero-order chi connectivity index (χ0) is 28.0. The number of nitrogens with one attached hydrogen (secondary N) is 1. The average molecular weight is 539 g/mol. The Bertz CT molecular complexity index is 1160. The summed E-state index contributed by atoms with van der Waals surface area (Å²) in [6.07, 6.45) is 1.89. The van der Waals surface area contributed by atoms with E-state index >= 15 is 0 Å². The van der Waals surface area contributed by atoms with Crippen molar-refractivity contribution >= 4 is 11.8 Å². The molecule has 1 fully saturated rings. The zero-order valence-electron chi connectivity index (χ0n) is 23.7. The van der Waals surface area contributed by atoms with Gasteiger partial charge >= 0.3 is 0 Å². The highest BCUT2D eigenvalue weighted by atomic mass is 16.5. The second-order valence-corrected chi connectivity index (χ2v) is 11.1. The van der Waals surface area contributed by atoms with Gasteiger partial charge in [-0.2, -0.15) is 0 Å². The number of aromatic hydroxyl groups is 1. The van der Waals surface area contributed by atoms with Crippen LogP contribution in [0.2, 0.25) is 0 Å². The van der Waals surface area contributed by atoms with E-state index in [1.807, 2.05) is 12.1 Å². The number of rotatable bonds is 11. The van der Waals surface area contributed by atoms with Crippen LogP contribution in [0.15, 0.2) is 36.4 Å². The van der Waals surface area contributed by atoms with Crippen molar-refractivity contribution in [1.82, 2.24) is 20.0 Å². The van der Waals surface area contributed by atoms with Crippen molar-refractivity contribution in [2.75, 3.05) is 46.6 Å². The van der Waals surface area contributed by atoms with Crippen LogP contribution in [-0.4, -0.2) is 83.7 Å². The third kappa shape index (κ3) is 7.50. The van der Waals surface area contributed by atoms with Crippen molar-refractivity contribution in [3.05, 3.63) is 58.7 Å². The van der Waals surface area contributed by atoms with E-state index in [4.69, 9.17) is 9.47 Å². The third-order valence-electron chi connectivity index (χ3n) is 7.95. The van der Waals surface area contributed by atoms with Crippen LogP contribution in [0.5, 0.6) is 11.5 Å². The van der Waals surface area contributed by atoms with Crippen LogP contribution in [0.25, 0.3) is 0 Å². The first-order chi connectivity index (χ1) is 18.7. The van der Waals surface area contributed by atoms with Gasteiger partial charge in [-0.15, -0.1) is 0 Å². The van der Waals surface area contributed by atoms with Gasteiger partial charge in [0, 0.05) is 51.7 Å². The molecule has 2 aliphatic rings. The van der Waals surface area contributed by atoms with Crippen molar-refractivity contribution in [1.29, 1.82) is 0 Å². The minimum atomic E-state index is -0.190. The molecule has 9 heteroatoms. The first-order valence-electron chi connectivity index (χ1n) is 13.7. The number of fused-ring (bicyclic) bond motifs is 1. The van der Waals surface area contributed by atoms with E-state index in [2.05, 4.69) is 47.2 Å². The molecule has 212 valence electrons. The number of phenolic OH excluding ortho intramolecular Hbond substituents is 1. The van der Waals surface area contributed by atoms with E-state index in [0.717, 1.165) is 44.6 Å². The number of benzene rings is 2. The lowest BCUT2D eigenvalue weighted by atomic mass is 9.93. The number of phenols is 1. The van der Waals surface area contributed by atoms with Gasteiger partial charge in [-0.25, -0.2) is 0 Å². The van der Waals surface area contributed by atoms with Crippen LogP contribution in [0.3, 0.4) is 0 Å². The molecule has 4 rings (SSSR count). The van der Waals surface area contributed by atoms with Crippen molar-refractivity contribution in [2.24, 2.45) is 0 Å². The van der Waals surface area contributed by atoms with Crippen LogP contribution in [-0.2, 0) is 40.4 Å². The molecule has 0 spiro atoms. The first-order valence-corrected chi connectivity index (χ1v) is 13.7. The lowest BCUT2D eigenvalue weighted by molar-refractivity contribution is -0.134. The predicted octanol–water partition coefficient (Wildman–Crippen LogP) is 2.88. The van der Waals surface area contributed by atoms with Gasteiger partial charge in [-0.1, -0.05) is 24.3 Å². The maximum atomic E-state index is 12.2. The Morgan fingerprint density at radius 3 is 2.56 bits per heavy atom. The van der Waals surface area contributed by atoms with Crippen LogP contribution in [0.1, 0.15) is 49.4 Å². The zero-order valence-corrected chi connectivity index (χ0v) is 23.7. The summed E-state index contributed by atoms with van der Waals surface area (Å²) in [7, 11) is 1.58. The van der Waals surface area contributed by atoms with E-state index < -0.39 is 0 Å². The van der Waals surface area contributed by atoms with E-state index in [-0.39, 0.29) is 29.6 Å². The minimum absolute atomic E-state index is 0.000679. The summed E-state index contributed by atoms with van der Waals surface area (Å²) in [5, 5.41) is 12.5. The number of hydrogen-bond acceptors (Lipinski definition) is 7. The molecule has 0 bridgehead atoms. The van der Waals surface area contributed by atoms with Crippen LogP contribution in [0, 0.1) is 0 Å². The van der Waals surface area contributed by atoms with Crippen molar-refractivity contribution in [3.8, 4) is 11.5 Å². The number of carbonyl (C=O) groups is 2. The average Bonchev–Trinajstić information content (AvgIpc) is 3.38. The number of carbonyl (C=O) groups excluding carboxylic acids is 2.